The largest absolute Gasteiger partial charge is 0.508 e. The van der Waals surface area contributed by atoms with Gasteiger partial charge in [0.05, 0.1) is 12.2 Å². The van der Waals surface area contributed by atoms with Crippen LogP contribution in [-0.4, -0.2) is 22.7 Å². The van der Waals surface area contributed by atoms with E-state index in [0.29, 0.717) is 23.6 Å². The van der Waals surface area contributed by atoms with E-state index in [1.165, 1.54) is 6.07 Å². The van der Waals surface area contributed by atoms with Crippen LogP contribution in [0.3, 0.4) is 0 Å². The van der Waals surface area contributed by atoms with E-state index in [1.807, 2.05) is 6.07 Å². The quantitative estimate of drug-likeness (QED) is 0.551. The van der Waals surface area contributed by atoms with Crippen LogP contribution in [0.5, 0.6) is 11.5 Å². The summed E-state index contributed by atoms with van der Waals surface area (Å²) in [6, 6.07) is 13.5. The molecule has 0 radical (unpaired) electrons. The van der Waals surface area contributed by atoms with Crippen molar-refractivity contribution in [1.82, 2.24) is 5.32 Å². The molecule has 0 atom stereocenters. The zero-order valence-corrected chi connectivity index (χ0v) is 14.2. The lowest BCUT2D eigenvalue weighted by atomic mass is 10.2. The Morgan fingerprint density at radius 3 is 2.75 bits per heavy atom. The van der Waals surface area contributed by atoms with Gasteiger partial charge in [0.25, 0.3) is 5.91 Å². The predicted molar refractivity (Wildman–Crippen MR) is 98.6 cm³/mol. The number of carbonyl (C=O) groups is 1. The normalized spacial score (nSPS) is 10.0. The van der Waals surface area contributed by atoms with Crippen LogP contribution < -0.4 is 15.4 Å². The number of carbonyl (C=O) groups excluding carboxylic acids is 1. The SMILES string of the molecule is CCCCOc1ccccc1C(=O)NC(=S)Nc1cccc(O)c1. The minimum Gasteiger partial charge on any atom is -0.508 e. The van der Waals surface area contributed by atoms with Crippen molar-refractivity contribution >= 4 is 28.9 Å². The smallest absolute Gasteiger partial charge is 0.261 e. The van der Waals surface area contributed by atoms with Crippen LogP contribution in [0.2, 0.25) is 0 Å². The molecule has 0 heterocycles. The van der Waals surface area contributed by atoms with Gasteiger partial charge >= 0.3 is 0 Å². The third kappa shape index (κ3) is 5.24. The molecule has 0 unspecified atom stereocenters. The molecule has 2 aromatic rings. The summed E-state index contributed by atoms with van der Waals surface area (Å²) < 4.78 is 5.66. The van der Waals surface area contributed by atoms with Crippen LogP contribution in [0.25, 0.3) is 0 Å². The Bertz CT molecular complexity index is 719. The Morgan fingerprint density at radius 2 is 2.00 bits per heavy atom. The maximum Gasteiger partial charge on any atom is 0.261 e. The van der Waals surface area contributed by atoms with Gasteiger partial charge < -0.3 is 15.2 Å². The molecule has 0 aliphatic rings. The summed E-state index contributed by atoms with van der Waals surface area (Å²) in [7, 11) is 0. The van der Waals surface area contributed by atoms with Gasteiger partial charge in [-0.25, -0.2) is 0 Å². The molecule has 126 valence electrons. The molecule has 0 saturated carbocycles. The molecule has 1 amide bonds. The molecule has 6 heteroatoms. The summed E-state index contributed by atoms with van der Waals surface area (Å²) in [4.78, 5) is 12.4. The molecule has 24 heavy (non-hydrogen) atoms. The van der Waals surface area contributed by atoms with E-state index in [2.05, 4.69) is 17.6 Å². The van der Waals surface area contributed by atoms with Gasteiger partial charge in [0, 0.05) is 11.8 Å². The number of rotatable bonds is 6. The first-order valence-corrected chi connectivity index (χ1v) is 8.14. The van der Waals surface area contributed by atoms with Crippen LogP contribution in [-0.2, 0) is 0 Å². The third-order valence-corrected chi connectivity index (χ3v) is 3.42. The Balaban J connectivity index is 2.00. The second-order valence-corrected chi connectivity index (χ2v) is 5.56. The molecule has 0 aliphatic carbocycles. The van der Waals surface area contributed by atoms with Gasteiger partial charge in [0.1, 0.15) is 11.5 Å². The van der Waals surface area contributed by atoms with Crippen molar-refractivity contribution in [3.05, 3.63) is 54.1 Å². The standard InChI is InChI=1S/C18H20N2O3S/c1-2-3-11-23-16-10-5-4-9-15(16)17(22)20-18(24)19-13-7-6-8-14(21)12-13/h4-10,12,21H,2-3,11H2,1H3,(H2,19,20,22,24). The van der Waals surface area contributed by atoms with Crippen LogP contribution in [0, 0.1) is 0 Å². The zero-order valence-electron chi connectivity index (χ0n) is 13.4. The Kier molecular flexibility index (Phi) is 6.57. The number of ether oxygens (including phenoxy) is 1. The van der Waals surface area contributed by atoms with Crippen molar-refractivity contribution in [3.63, 3.8) is 0 Å². The molecule has 0 aliphatic heterocycles. The van der Waals surface area contributed by atoms with E-state index in [0.717, 1.165) is 12.8 Å². The van der Waals surface area contributed by atoms with Crippen molar-refractivity contribution in [2.75, 3.05) is 11.9 Å². The number of nitrogens with one attached hydrogen (secondary N) is 2. The lowest BCUT2D eigenvalue weighted by molar-refractivity contribution is 0.0973. The average Bonchev–Trinajstić information content (AvgIpc) is 2.55. The lowest BCUT2D eigenvalue weighted by Gasteiger charge is -2.13. The van der Waals surface area contributed by atoms with E-state index in [4.69, 9.17) is 17.0 Å². The second-order valence-electron chi connectivity index (χ2n) is 5.16. The molecule has 2 aromatic carbocycles. The third-order valence-electron chi connectivity index (χ3n) is 3.22. The lowest BCUT2D eigenvalue weighted by Crippen LogP contribution is -2.34. The summed E-state index contributed by atoms with van der Waals surface area (Å²) >= 11 is 5.14. The number of para-hydroxylation sites is 1. The van der Waals surface area contributed by atoms with Gasteiger partial charge in [0.15, 0.2) is 5.11 Å². The Morgan fingerprint density at radius 1 is 1.21 bits per heavy atom. The van der Waals surface area contributed by atoms with Crippen LogP contribution in [0.4, 0.5) is 5.69 Å². The van der Waals surface area contributed by atoms with Crippen molar-refractivity contribution < 1.29 is 14.6 Å². The molecule has 5 nitrogen and oxygen atoms in total. The second kappa shape index (κ2) is 8.88. The summed E-state index contributed by atoms with van der Waals surface area (Å²) in [6.45, 7) is 2.64. The number of amides is 1. The molecule has 2 rings (SSSR count). The number of hydrogen-bond acceptors (Lipinski definition) is 4. The highest BCUT2D eigenvalue weighted by Gasteiger charge is 2.13. The summed E-state index contributed by atoms with van der Waals surface area (Å²) in [5.41, 5.74) is 1.02. The Hall–Kier alpha value is -2.60. The molecule has 0 spiro atoms. The molecular formula is C18H20N2O3S. The predicted octanol–water partition coefficient (Wildman–Crippen LogP) is 3.70. The first-order chi connectivity index (χ1) is 11.6. The summed E-state index contributed by atoms with van der Waals surface area (Å²) in [6.07, 6.45) is 1.94. The minimum absolute atomic E-state index is 0.115. The van der Waals surface area contributed by atoms with Gasteiger partial charge in [0.2, 0.25) is 0 Å². The van der Waals surface area contributed by atoms with Gasteiger partial charge in [-0.05, 0) is 42.9 Å². The number of phenolic OH excluding ortho intramolecular Hbond substituents is 1. The Labute approximate surface area is 146 Å². The fourth-order valence-electron chi connectivity index (χ4n) is 2.02. The molecule has 0 fully saturated rings. The summed E-state index contributed by atoms with van der Waals surface area (Å²) in [5, 5.41) is 15.1. The van der Waals surface area contributed by atoms with Crippen LogP contribution in [0.1, 0.15) is 30.1 Å². The van der Waals surface area contributed by atoms with E-state index in [1.54, 1.807) is 36.4 Å². The number of thiocarbonyl (C=S) groups is 1. The number of aromatic hydroxyl groups is 1. The van der Waals surface area contributed by atoms with E-state index < -0.39 is 0 Å². The monoisotopic (exact) mass is 344 g/mol. The number of hydrogen-bond donors (Lipinski definition) is 3. The van der Waals surface area contributed by atoms with Crippen molar-refractivity contribution in [2.24, 2.45) is 0 Å². The van der Waals surface area contributed by atoms with E-state index in [-0.39, 0.29) is 16.8 Å². The summed E-state index contributed by atoms with van der Waals surface area (Å²) in [5.74, 6) is 0.298. The molecule has 0 bridgehead atoms. The topological polar surface area (TPSA) is 70.6 Å². The first kappa shape index (κ1) is 17.7. The fourth-order valence-corrected chi connectivity index (χ4v) is 2.23. The maximum absolute atomic E-state index is 12.4. The molecule has 3 N–H and O–H groups in total. The van der Waals surface area contributed by atoms with Gasteiger partial charge in [-0.3, -0.25) is 10.1 Å². The average molecular weight is 344 g/mol. The van der Waals surface area contributed by atoms with Crippen LogP contribution >= 0.6 is 12.2 Å². The maximum atomic E-state index is 12.4. The number of unbranched alkanes of at least 4 members (excludes halogenated alkanes) is 1. The molecule has 0 aromatic heterocycles. The number of benzene rings is 2. The fraction of sp³-hybridized carbons (Fsp3) is 0.222. The van der Waals surface area contributed by atoms with E-state index >= 15 is 0 Å². The van der Waals surface area contributed by atoms with Crippen molar-refractivity contribution in [2.45, 2.75) is 19.8 Å². The molecular weight excluding hydrogens is 324 g/mol. The number of anilines is 1. The minimum atomic E-state index is -0.347. The van der Waals surface area contributed by atoms with Crippen molar-refractivity contribution in [1.29, 1.82) is 0 Å². The van der Waals surface area contributed by atoms with Gasteiger partial charge in [-0.15, -0.1) is 0 Å². The zero-order chi connectivity index (χ0) is 17.4. The van der Waals surface area contributed by atoms with Crippen LogP contribution in [0.15, 0.2) is 48.5 Å². The number of phenols is 1. The van der Waals surface area contributed by atoms with Gasteiger partial charge in [-0.1, -0.05) is 31.5 Å². The van der Waals surface area contributed by atoms with E-state index in [9.17, 15) is 9.90 Å². The highest BCUT2D eigenvalue weighted by atomic mass is 32.1. The van der Waals surface area contributed by atoms with Crippen molar-refractivity contribution in [3.8, 4) is 11.5 Å². The van der Waals surface area contributed by atoms with Gasteiger partial charge in [-0.2, -0.15) is 0 Å². The first-order valence-electron chi connectivity index (χ1n) is 7.73. The highest BCUT2D eigenvalue weighted by Crippen LogP contribution is 2.19. The highest BCUT2D eigenvalue weighted by molar-refractivity contribution is 7.80. The molecule has 0 saturated heterocycles.